The van der Waals surface area contributed by atoms with Gasteiger partial charge in [-0.3, -0.25) is 0 Å². The number of fused-ring (bicyclic) bond motifs is 1. The van der Waals surface area contributed by atoms with E-state index >= 15 is 0 Å². The van der Waals surface area contributed by atoms with E-state index in [4.69, 9.17) is 9.47 Å². The monoisotopic (exact) mass is 515 g/mol. The maximum Gasteiger partial charge on any atom is 0.410 e. The number of likely N-dealkylation sites (tertiary alicyclic amines) is 1. The first-order valence-corrected chi connectivity index (χ1v) is 17.3. The first-order valence-electron chi connectivity index (χ1n) is 13.6. The number of ether oxygens (including phenoxy) is 2. The minimum atomic E-state index is -1.14. The maximum atomic E-state index is 12.7. The summed E-state index contributed by atoms with van der Waals surface area (Å²) in [5.41, 5.74) is 1.72. The van der Waals surface area contributed by atoms with Crippen LogP contribution in [-0.4, -0.2) is 64.9 Å². The molecule has 9 heteroatoms. The second kappa shape index (κ2) is 10.7. The van der Waals surface area contributed by atoms with E-state index in [9.17, 15) is 4.79 Å². The number of carbonyl (C=O) groups is 1. The van der Waals surface area contributed by atoms with E-state index in [2.05, 4.69) is 52.6 Å². The fourth-order valence-corrected chi connectivity index (χ4v) is 5.64. The van der Waals surface area contributed by atoms with Crippen LogP contribution in [0, 0.1) is 5.92 Å². The Balaban J connectivity index is 1.54. The highest BCUT2D eigenvalue weighted by molar-refractivity contribution is 6.76. The molecule has 1 unspecified atom stereocenters. The number of rotatable bonds is 9. The Morgan fingerprint density at radius 1 is 1.22 bits per heavy atom. The van der Waals surface area contributed by atoms with Crippen molar-refractivity contribution in [2.45, 2.75) is 103 Å². The SMILES string of the molecule is CC(c1cn(COCC[Si](C)(C)C)c2ncnc(N[C@@H]3CCCN(C(=O)OC(C)(C)C)C3)c12)C1CC1. The molecule has 3 heterocycles. The van der Waals surface area contributed by atoms with Gasteiger partial charge in [0.05, 0.1) is 5.39 Å². The third-order valence-corrected chi connectivity index (χ3v) is 8.85. The van der Waals surface area contributed by atoms with Gasteiger partial charge in [0.1, 0.15) is 30.1 Å². The van der Waals surface area contributed by atoms with Gasteiger partial charge in [0, 0.05) is 40.0 Å². The van der Waals surface area contributed by atoms with Gasteiger partial charge >= 0.3 is 6.09 Å². The molecule has 2 fully saturated rings. The largest absolute Gasteiger partial charge is 0.444 e. The van der Waals surface area contributed by atoms with Gasteiger partial charge in [0.2, 0.25) is 0 Å². The summed E-state index contributed by atoms with van der Waals surface area (Å²) in [6.45, 7) is 17.8. The van der Waals surface area contributed by atoms with Crippen molar-refractivity contribution in [3.63, 3.8) is 0 Å². The second-order valence-electron chi connectivity index (χ2n) is 12.9. The van der Waals surface area contributed by atoms with Crippen molar-refractivity contribution in [2.24, 2.45) is 5.92 Å². The molecule has 1 amide bonds. The summed E-state index contributed by atoms with van der Waals surface area (Å²) in [4.78, 5) is 23.9. The summed E-state index contributed by atoms with van der Waals surface area (Å²) in [6, 6.07) is 1.26. The predicted molar refractivity (Wildman–Crippen MR) is 147 cm³/mol. The minimum absolute atomic E-state index is 0.116. The number of hydrogen-bond acceptors (Lipinski definition) is 6. The van der Waals surface area contributed by atoms with E-state index in [1.807, 2.05) is 25.7 Å². The van der Waals surface area contributed by atoms with Crippen LogP contribution < -0.4 is 5.32 Å². The summed E-state index contributed by atoms with van der Waals surface area (Å²) < 4.78 is 13.9. The smallest absolute Gasteiger partial charge is 0.410 e. The molecule has 1 saturated carbocycles. The van der Waals surface area contributed by atoms with E-state index in [1.54, 1.807) is 6.33 Å². The number of hydrogen-bond donors (Lipinski definition) is 1. The first-order chi connectivity index (χ1) is 16.9. The van der Waals surface area contributed by atoms with Gasteiger partial charge in [0.25, 0.3) is 0 Å². The number of piperidine rings is 1. The van der Waals surface area contributed by atoms with E-state index in [0.717, 1.165) is 54.8 Å². The topological polar surface area (TPSA) is 81.5 Å². The van der Waals surface area contributed by atoms with Crippen molar-refractivity contribution in [3.05, 3.63) is 18.1 Å². The molecule has 0 bridgehead atoms. The van der Waals surface area contributed by atoms with E-state index in [0.29, 0.717) is 19.2 Å². The second-order valence-corrected chi connectivity index (χ2v) is 18.5. The van der Waals surface area contributed by atoms with Gasteiger partial charge < -0.3 is 24.3 Å². The van der Waals surface area contributed by atoms with Gasteiger partial charge in [0.15, 0.2) is 0 Å². The van der Waals surface area contributed by atoms with E-state index < -0.39 is 13.7 Å². The molecule has 36 heavy (non-hydrogen) atoms. The Morgan fingerprint density at radius 2 is 1.97 bits per heavy atom. The Kier molecular flexibility index (Phi) is 8.00. The quantitative estimate of drug-likeness (QED) is 0.322. The van der Waals surface area contributed by atoms with Crippen LogP contribution in [0.25, 0.3) is 11.0 Å². The van der Waals surface area contributed by atoms with Crippen molar-refractivity contribution < 1.29 is 14.3 Å². The van der Waals surface area contributed by atoms with Crippen molar-refractivity contribution in [1.82, 2.24) is 19.4 Å². The lowest BCUT2D eigenvalue weighted by molar-refractivity contribution is 0.0206. The Morgan fingerprint density at radius 3 is 2.64 bits per heavy atom. The lowest BCUT2D eigenvalue weighted by Crippen LogP contribution is -2.47. The van der Waals surface area contributed by atoms with E-state index in [-0.39, 0.29) is 12.1 Å². The zero-order valence-corrected chi connectivity index (χ0v) is 24.3. The lowest BCUT2D eigenvalue weighted by atomic mass is 9.96. The average Bonchev–Trinajstić information content (AvgIpc) is 3.56. The van der Waals surface area contributed by atoms with Crippen LogP contribution in [0.5, 0.6) is 0 Å². The van der Waals surface area contributed by atoms with Crippen LogP contribution in [0.2, 0.25) is 25.7 Å². The molecule has 1 aliphatic heterocycles. The summed E-state index contributed by atoms with van der Waals surface area (Å²) in [6.07, 6.45) is 8.11. The molecule has 8 nitrogen and oxygen atoms in total. The van der Waals surface area contributed by atoms with Crippen LogP contribution in [0.4, 0.5) is 10.6 Å². The summed E-state index contributed by atoms with van der Waals surface area (Å²) in [5, 5.41) is 4.77. The molecule has 0 radical (unpaired) electrons. The number of nitrogens with zero attached hydrogens (tertiary/aromatic N) is 4. The highest BCUT2D eigenvalue weighted by atomic mass is 28.3. The number of nitrogens with one attached hydrogen (secondary N) is 1. The number of amides is 1. The Hall–Kier alpha value is -2.13. The van der Waals surface area contributed by atoms with Gasteiger partial charge in [-0.25, -0.2) is 14.8 Å². The number of anilines is 1. The fourth-order valence-electron chi connectivity index (χ4n) is 4.88. The van der Waals surface area contributed by atoms with Gasteiger partial charge in [-0.05, 0) is 69.9 Å². The molecule has 1 aliphatic carbocycles. The zero-order valence-electron chi connectivity index (χ0n) is 23.3. The molecule has 2 aromatic heterocycles. The molecule has 1 N–H and O–H groups in total. The molecule has 4 rings (SSSR count). The molecule has 0 aromatic carbocycles. The van der Waals surface area contributed by atoms with E-state index in [1.165, 1.54) is 18.4 Å². The predicted octanol–water partition coefficient (Wildman–Crippen LogP) is 6.07. The molecule has 200 valence electrons. The molecule has 2 atom stereocenters. The van der Waals surface area contributed by atoms with Crippen LogP contribution in [-0.2, 0) is 16.2 Å². The van der Waals surface area contributed by atoms with Crippen LogP contribution in [0.3, 0.4) is 0 Å². The standard InChI is InChI=1S/C27H45N5O3Si/c1-19(20-10-11-20)22-16-32(18-34-13-14-36(5,6)7)25-23(22)24(28-17-29-25)30-21-9-8-12-31(15-21)26(33)35-27(2,3)4/h16-17,19-21H,8-15,18H2,1-7H3,(H,28,29,30)/t19?,21-/m1/s1. The van der Waals surface area contributed by atoms with Crippen molar-refractivity contribution >= 4 is 31.0 Å². The third kappa shape index (κ3) is 7.00. The van der Waals surface area contributed by atoms with Gasteiger partial charge in [-0.1, -0.05) is 26.6 Å². The average molecular weight is 516 g/mol. The maximum absolute atomic E-state index is 12.7. The first kappa shape index (κ1) is 26.9. The molecule has 2 aliphatic rings. The summed E-state index contributed by atoms with van der Waals surface area (Å²) in [7, 11) is -1.14. The normalized spacial score (nSPS) is 20.0. The zero-order chi connectivity index (χ0) is 26.1. The molecular weight excluding hydrogens is 470 g/mol. The Bertz CT molecular complexity index is 1050. The highest BCUT2D eigenvalue weighted by Gasteiger charge is 2.33. The van der Waals surface area contributed by atoms with Crippen LogP contribution in [0.15, 0.2) is 12.5 Å². The summed E-state index contributed by atoms with van der Waals surface area (Å²) >= 11 is 0. The summed E-state index contributed by atoms with van der Waals surface area (Å²) in [5.74, 6) is 2.04. The molecule has 0 spiro atoms. The van der Waals surface area contributed by atoms with Crippen molar-refractivity contribution in [3.8, 4) is 0 Å². The molecule has 1 saturated heterocycles. The molecular formula is C27H45N5O3Si. The minimum Gasteiger partial charge on any atom is -0.444 e. The van der Waals surface area contributed by atoms with Gasteiger partial charge in [-0.15, -0.1) is 0 Å². The van der Waals surface area contributed by atoms with Crippen LogP contribution in [0.1, 0.15) is 64.9 Å². The van der Waals surface area contributed by atoms with Crippen LogP contribution >= 0.6 is 0 Å². The number of carbonyl (C=O) groups excluding carboxylic acids is 1. The number of aromatic nitrogens is 3. The third-order valence-electron chi connectivity index (χ3n) is 7.14. The lowest BCUT2D eigenvalue weighted by Gasteiger charge is -2.34. The fraction of sp³-hybridized carbons (Fsp3) is 0.741. The van der Waals surface area contributed by atoms with Crippen molar-refractivity contribution in [1.29, 1.82) is 0 Å². The molecule has 2 aromatic rings. The Labute approximate surface area is 217 Å². The highest BCUT2D eigenvalue weighted by Crippen LogP contribution is 2.45. The van der Waals surface area contributed by atoms with Gasteiger partial charge in [-0.2, -0.15) is 0 Å². The van der Waals surface area contributed by atoms with Crippen molar-refractivity contribution in [2.75, 3.05) is 25.0 Å².